The Morgan fingerprint density at radius 2 is 1.67 bits per heavy atom. The number of rotatable bonds is 3. The molecule has 0 N–H and O–H groups in total. The zero-order valence-electron chi connectivity index (χ0n) is 7.40. The van der Waals surface area contributed by atoms with Gasteiger partial charge in [-0.15, -0.1) is 0 Å². The van der Waals surface area contributed by atoms with Crippen molar-refractivity contribution in [1.29, 1.82) is 0 Å². The molecular formula is C8H20S. The SMILES string of the molecule is CC.CSCCC(C)C. The van der Waals surface area contributed by atoms with Crippen LogP contribution in [-0.4, -0.2) is 12.0 Å². The van der Waals surface area contributed by atoms with Crippen LogP contribution in [0.4, 0.5) is 0 Å². The van der Waals surface area contributed by atoms with Gasteiger partial charge in [0.15, 0.2) is 0 Å². The summed E-state index contributed by atoms with van der Waals surface area (Å²) in [6, 6.07) is 0. The lowest BCUT2D eigenvalue weighted by Crippen LogP contribution is -1.87. The molecule has 0 unspecified atom stereocenters. The highest BCUT2D eigenvalue weighted by atomic mass is 32.2. The number of thioether (sulfide) groups is 1. The van der Waals surface area contributed by atoms with E-state index in [4.69, 9.17) is 0 Å². The van der Waals surface area contributed by atoms with Crippen molar-refractivity contribution in [3.63, 3.8) is 0 Å². The van der Waals surface area contributed by atoms with Gasteiger partial charge < -0.3 is 0 Å². The molecule has 0 spiro atoms. The van der Waals surface area contributed by atoms with E-state index < -0.39 is 0 Å². The Hall–Kier alpha value is 0.350. The van der Waals surface area contributed by atoms with Crippen LogP contribution in [0.15, 0.2) is 0 Å². The monoisotopic (exact) mass is 148 g/mol. The van der Waals surface area contributed by atoms with E-state index in [9.17, 15) is 0 Å². The van der Waals surface area contributed by atoms with Crippen molar-refractivity contribution in [2.75, 3.05) is 12.0 Å². The van der Waals surface area contributed by atoms with Crippen LogP contribution in [0.5, 0.6) is 0 Å². The van der Waals surface area contributed by atoms with Gasteiger partial charge in [0.25, 0.3) is 0 Å². The van der Waals surface area contributed by atoms with Gasteiger partial charge in [-0.25, -0.2) is 0 Å². The fraction of sp³-hybridized carbons (Fsp3) is 1.00. The Kier molecular flexibility index (Phi) is 15.0. The van der Waals surface area contributed by atoms with Crippen molar-refractivity contribution in [2.24, 2.45) is 5.92 Å². The van der Waals surface area contributed by atoms with Crippen LogP contribution in [0, 0.1) is 5.92 Å². The van der Waals surface area contributed by atoms with Gasteiger partial charge in [0, 0.05) is 0 Å². The minimum atomic E-state index is 0.882. The Bertz CT molecular complexity index is 33.5. The predicted molar refractivity (Wildman–Crippen MR) is 49.2 cm³/mol. The third kappa shape index (κ3) is 17.8. The number of hydrogen-bond acceptors (Lipinski definition) is 1. The van der Waals surface area contributed by atoms with E-state index in [1.165, 1.54) is 12.2 Å². The van der Waals surface area contributed by atoms with Crippen LogP contribution in [0.25, 0.3) is 0 Å². The number of hydrogen-bond donors (Lipinski definition) is 0. The molecule has 0 atom stereocenters. The first-order valence-electron chi connectivity index (χ1n) is 3.76. The van der Waals surface area contributed by atoms with Crippen molar-refractivity contribution in [3.05, 3.63) is 0 Å². The summed E-state index contributed by atoms with van der Waals surface area (Å²) in [5.41, 5.74) is 0. The van der Waals surface area contributed by atoms with Crippen molar-refractivity contribution in [1.82, 2.24) is 0 Å². The zero-order chi connectivity index (χ0) is 7.70. The predicted octanol–water partition coefficient (Wildman–Crippen LogP) is 3.42. The highest BCUT2D eigenvalue weighted by Crippen LogP contribution is 2.03. The standard InChI is InChI=1S/C6H14S.C2H6/c1-6(2)4-5-7-3;1-2/h6H,4-5H2,1-3H3;1-2H3. The normalized spacial score (nSPS) is 8.67. The Balaban J connectivity index is 0. The molecule has 0 aliphatic rings. The van der Waals surface area contributed by atoms with Crippen LogP contribution in [-0.2, 0) is 0 Å². The lowest BCUT2D eigenvalue weighted by molar-refractivity contribution is 0.632. The fourth-order valence-electron chi connectivity index (χ4n) is 0.354. The summed E-state index contributed by atoms with van der Waals surface area (Å²) in [6.45, 7) is 8.52. The average molecular weight is 148 g/mol. The summed E-state index contributed by atoms with van der Waals surface area (Å²) < 4.78 is 0. The Labute approximate surface area is 64.4 Å². The van der Waals surface area contributed by atoms with Crippen molar-refractivity contribution >= 4 is 11.8 Å². The van der Waals surface area contributed by atoms with E-state index in [0.29, 0.717) is 0 Å². The lowest BCUT2D eigenvalue weighted by Gasteiger charge is -1.98. The first-order valence-corrected chi connectivity index (χ1v) is 5.15. The average Bonchev–Trinajstić information content (AvgIpc) is 1.88. The Morgan fingerprint density at radius 1 is 1.22 bits per heavy atom. The molecular weight excluding hydrogens is 128 g/mol. The molecule has 0 aromatic carbocycles. The maximum absolute atomic E-state index is 2.26. The molecule has 0 aliphatic carbocycles. The molecule has 9 heavy (non-hydrogen) atoms. The van der Waals surface area contributed by atoms with Crippen LogP contribution < -0.4 is 0 Å². The van der Waals surface area contributed by atoms with Gasteiger partial charge in [-0.05, 0) is 24.3 Å². The molecule has 1 heteroatoms. The molecule has 0 saturated carbocycles. The molecule has 0 saturated heterocycles. The van der Waals surface area contributed by atoms with E-state index in [0.717, 1.165) is 5.92 Å². The van der Waals surface area contributed by atoms with Crippen molar-refractivity contribution in [2.45, 2.75) is 34.1 Å². The maximum Gasteiger partial charge on any atom is -0.00679 e. The molecule has 58 valence electrons. The first-order chi connectivity index (χ1) is 4.27. The molecule has 0 nitrogen and oxygen atoms in total. The molecule has 0 heterocycles. The molecule has 0 fully saturated rings. The summed E-state index contributed by atoms with van der Waals surface area (Å²) >= 11 is 1.93. The van der Waals surface area contributed by atoms with Crippen LogP contribution >= 0.6 is 11.8 Å². The van der Waals surface area contributed by atoms with Gasteiger partial charge in [0.2, 0.25) is 0 Å². The zero-order valence-corrected chi connectivity index (χ0v) is 8.22. The minimum absolute atomic E-state index is 0.882. The van der Waals surface area contributed by atoms with E-state index in [2.05, 4.69) is 20.1 Å². The van der Waals surface area contributed by atoms with Gasteiger partial charge in [-0.3, -0.25) is 0 Å². The van der Waals surface area contributed by atoms with Crippen LogP contribution in [0.1, 0.15) is 34.1 Å². The second kappa shape index (κ2) is 11.2. The molecule has 0 amide bonds. The molecule has 0 aromatic rings. The molecule has 0 rings (SSSR count). The van der Waals surface area contributed by atoms with Gasteiger partial charge in [-0.1, -0.05) is 27.7 Å². The smallest absolute Gasteiger partial charge is 0.00679 e. The quantitative estimate of drug-likeness (QED) is 0.591. The second-order valence-electron chi connectivity index (χ2n) is 2.18. The minimum Gasteiger partial charge on any atom is -0.165 e. The highest BCUT2D eigenvalue weighted by Gasteiger charge is 1.89. The van der Waals surface area contributed by atoms with Crippen LogP contribution in [0.2, 0.25) is 0 Å². The summed E-state index contributed by atoms with van der Waals surface area (Å²) in [6.07, 6.45) is 3.52. The first kappa shape index (κ1) is 12.1. The van der Waals surface area contributed by atoms with E-state index >= 15 is 0 Å². The molecule has 0 aliphatic heterocycles. The lowest BCUT2D eigenvalue weighted by atomic mass is 10.2. The van der Waals surface area contributed by atoms with E-state index in [-0.39, 0.29) is 0 Å². The van der Waals surface area contributed by atoms with Gasteiger partial charge >= 0.3 is 0 Å². The van der Waals surface area contributed by atoms with E-state index in [1.807, 2.05) is 25.6 Å². The summed E-state index contributed by atoms with van der Waals surface area (Å²) in [5, 5.41) is 0. The largest absolute Gasteiger partial charge is 0.165 e. The summed E-state index contributed by atoms with van der Waals surface area (Å²) in [4.78, 5) is 0. The van der Waals surface area contributed by atoms with Crippen LogP contribution in [0.3, 0.4) is 0 Å². The van der Waals surface area contributed by atoms with Crippen molar-refractivity contribution < 1.29 is 0 Å². The topological polar surface area (TPSA) is 0 Å². The van der Waals surface area contributed by atoms with Crippen molar-refractivity contribution in [3.8, 4) is 0 Å². The third-order valence-corrected chi connectivity index (χ3v) is 1.54. The van der Waals surface area contributed by atoms with Gasteiger partial charge in [0.05, 0.1) is 0 Å². The molecule has 0 aromatic heterocycles. The third-order valence-electron chi connectivity index (χ3n) is 0.899. The van der Waals surface area contributed by atoms with Gasteiger partial charge in [0.1, 0.15) is 0 Å². The highest BCUT2D eigenvalue weighted by molar-refractivity contribution is 7.98. The molecule has 0 bridgehead atoms. The molecule has 0 radical (unpaired) electrons. The Morgan fingerprint density at radius 3 is 1.78 bits per heavy atom. The summed E-state index contributed by atoms with van der Waals surface area (Å²) in [5.74, 6) is 2.20. The fourth-order valence-corrected chi connectivity index (χ4v) is 1.06. The summed E-state index contributed by atoms with van der Waals surface area (Å²) in [7, 11) is 0. The van der Waals surface area contributed by atoms with E-state index in [1.54, 1.807) is 0 Å². The van der Waals surface area contributed by atoms with Gasteiger partial charge in [-0.2, -0.15) is 11.8 Å². The maximum atomic E-state index is 2.26. The second-order valence-corrected chi connectivity index (χ2v) is 3.16.